The van der Waals surface area contributed by atoms with Crippen molar-refractivity contribution in [2.75, 3.05) is 30.9 Å². The fraction of sp³-hybridized carbons (Fsp3) is 0.375. The summed E-state index contributed by atoms with van der Waals surface area (Å²) < 4.78 is 5.10. The number of methoxy groups -OCH3 is 1. The minimum absolute atomic E-state index is 0.368. The molecule has 7 N–H and O–H groups in total. The van der Waals surface area contributed by atoms with Crippen molar-refractivity contribution in [3.63, 3.8) is 0 Å². The molecule has 17 heavy (non-hydrogen) atoms. The molecule has 9 heteroatoms. The van der Waals surface area contributed by atoms with Gasteiger partial charge in [-0.15, -0.1) is 0 Å². The van der Waals surface area contributed by atoms with E-state index in [-0.39, 0.29) is 0 Å². The quantitative estimate of drug-likeness (QED) is 0.240. The van der Waals surface area contributed by atoms with Crippen molar-refractivity contribution in [3.05, 3.63) is 6.33 Å². The molecule has 1 aromatic rings. The van der Waals surface area contributed by atoms with Crippen LogP contribution in [0.5, 0.6) is 5.75 Å². The van der Waals surface area contributed by atoms with Gasteiger partial charge in [-0.25, -0.2) is 20.6 Å². The average molecular weight is 241 g/mol. The molecular weight excluding hydrogens is 226 g/mol. The van der Waals surface area contributed by atoms with Crippen LogP contribution in [0.4, 0.5) is 16.4 Å². The van der Waals surface area contributed by atoms with Crippen LogP contribution in [0.2, 0.25) is 0 Å². The molecular formula is C8H15N7O2. The summed E-state index contributed by atoms with van der Waals surface area (Å²) in [6.07, 6.45) is 1.33. The molecule has 0 unspecified atom stereocenters. The van der Waals surface area contributed by atoms with Crippen LogP contribution in [0.15, 0.2) is 6.33 Å². The third-order valence-electron chi connectivity index (χ3n) is 1.86. The highest BCUT2D eigenvalue weighted by molar-refractivity contribution is 5.71. The standard InChI is InChI=1S/C8H15N7O2/c1-17-5-6(11-2-3-12-8(9)16)13-4-14-7(5)15-10/h4H,2-3,10H2,1H3,(H3,9,12,16)(H2,11,13,14,15). The Morgan fingerprint density at radius 1 is 1.41 bits per heavy atom. The zero-order valence-corrected chi connectivity index (χ0v) is 9.36. The van der Waals surface area contributed by atoms with Gasteiger partial charge in [0.05, 0.1) is 7.11 Å². The number of carbonyl (C=O) groups excluding carboxylic acids is 1. The number of nitrogens with zero attached hydrogens (tertiary/aromatic N) is 2. The summed E-state index contributed by atoms with van der Waals surface area (Å²) in [5.74, 6) is 6.51. The van der Waals surface area contributed by atoms with Crippen LogP contribution >= 0.6 is 0 Å². The Balaban J connectivity index is 2.60. The number of urea groups is 1. The Labute approximate surface area is 97.9 Å². The van der Waals surface area contributed by atoms with E-state index in [2.05, 4.69) is 26.0 Å². The van der Waals surface area contributed by atoms with Crippen molar-refractivity contribution >= 4 is 17.7 Å². The van der Waals surface area contributed by atoms with E-state index in [4.69, 9.17) is 16.3 Å². The summed E-state index contributed by atoms with van der Waals surface area (Å²) in [5, 5.41) is 5.39. The van der Waals surface area contributed by atoms with E-state index < -0.39 is 6.03 Å². The summed E-state index contributed by atoms with van der Waals surface area (Å²) in [7, 11) is 1.48. The normalized spacial score (nSPS) is 9.53. The number of nitrogens with one attached hydrogen (secondary N) is 3. The lowest BCUT2D eigenvalue weighted by Gasteiger charge is -2.12. The van der Waals surface area contributed by atoms with Gasteiger partial charge in [-0.2, -0.15) is 0 Å². The second-order valence-electron chi connectivity index (χ2n) is 2.97. The molecule has 0 aliphatic heterocycles. The summed E-state index contributed by atoms with van der Waals surface area (Å²) in [6.45, 7) is 0.814. The number of hydrogen-bond donors (Lipinski definition) is 5. The number of nitrogens with two attached hydrogens (primary N) is 2. The second kappa shape index (κ2) is 6.33. The minimum atomic E-state index is -0.578. The number of anilines is 2. The molecule has 0 aromatic carbocycles. The lowest BCUT2D eigenvalue weighted by molar-refractivity contribution is 0.249. The smallest absolute Gasteiger partial charge is 0.312 e. The Kier molecular flexibility index (Phi) is 4.76. The van der Waals surface area contributed by atoms with Crippen LogP contribution in [-0.2, 0) is 0 Å². The average Bonchev–Trinajstić information content (AvgIpc) is 2.33. The zero-order valence-electron chi connectivity index (χ0n) is 9.36. The SMILES string of the molecule is COc1c(NN)ncnc1NCCNC(N)=O. The van der Waals surface area contributed by atoms with Crippen molar-refractivity contribution in [3.8, 4) is 5.75 Å². The molecule has 0 saturated carbocycles. The minimum Gasteiger partial charge on any atom is -0.490 e. The van der Waals surface area contributed by atoms with Crippen molar-refractivity contribution < 1.29 is 9.53 Å². The molecule has 0 spiro atoms. The van der Waals surface area contributed by atoms with Gasteiger partial charge >= 0.3 is 6.03 Å². The number of ether oxygens (including phenoxy) is 1. The highest BCUT2D eigenvalue weighted by Gasteiger charge is 2.10. The van der Waals surface area contributed by atoms with E-state index in [9.17, 15) is 4.79 Å². The molecule has 0 atom stereocenters. The maximum atomic E-state index is 10.4. The lowest BCUT2D eigenvalue weighted by atomic mass is 10.4. The van der Waals surface area contributed by atoms with Gasteiger partial charge in [0.25, 0.3) is 0 Å². The number of hydrazine groups is 1. The van der Waals surface area contributed by atoms with Gasteiger partial charge in [-0.3, -0.25) is 0 Å². The van der Waals surface area contributed by atoms with Crippen molar-refractivity contribution in [1.82, 2.24) is 15.3 Å². The molecule has 0 fully saturated rings. The summed E-state index contributed by atoms with van der Waals surface area (Å²) >= 11 is 0. The van der Waals surface area contributed by atoms with Gasteiger partial charge in [0.2, 0.25) is 5.75 Å². The predicted molar refractivity (Wildman–Crippen MR) is 62.5 cm³/mol. The molecule has 1 rings (SSSR count). The number of rotatable bonds is 6. The Morgan fingerprint density at radius 3 is 2.71 bits per heavy atom. The first-order valence-electron chi connectivity index (χ1n) is 4.81. The van der Waals surface area contributed by atoms with E-state index in [1.54, 1.807) is 0 Å². The van der Waals surface area contributed by atoms with Crippen LogP contribution in [0.25, 0.3) is 0 Å². The highest BCUT2D eigenvalue weighted by Crippen LogP contribution is 2.27. The highest BCUT2D eigenvalue weighted by atomic mass is 16.5. The second-order valence-corrected chi connectivity index (χ2v) is 2.97. The fourth-order valence-corrected chi connectivity index (χ4v) is 1.16. The summed E-state index contributed by atoms with van der Waals surface area (Å²) in [4.78, 5) is 18.3. The molecule has 0 bridgehead atoms. The fourth-order valence-electron chi connectivity index (χ4n) is 1.16. The van der Waals surface area contributed by atoms with Gasteiger partial charge in [0.1, 0.15) is 6.33 Å². The van der Waals surface area contributed by atoms with Crippen LogP contribution in [-0.4, -0.2) is 36.2 Å². The van der Waals surface area contributed by atoms with Gasteiger partial charge < -0.3 is 26.5 Å². The van der Waals surface area contributed by atoms with Crippen LogP contribution in [0, 0.1) is 0 Å². The van der Waals surface area contributed by atoms with E-state index in [0.717, 1.165) is 0 Å². The summed E-state index contributed by atoms with van der Waals surface area (Å²) in [5.41, 5.74) is 7.31. The van der Waals surface area contributed by atoms with E-state index >= 15 is 0 Å². The maximum absolute atomic E-state index is 10.4. The molecule has 2 amide bonds. The number of primary amides is 1. The Bertz CT molecular complexity index is 384. The zero-order chi connectivity index (χ0) is 12.7. The first kappa shape index (κ1) is 12.8. The number of nitrogen functional groups attached to an aromatic ring is 1. The predicted octanol–water partition coefficient (Wildman–Crippen LogP) is -1.15. The lowest BCUT2D eigenvalue weighted by Crippen LogP contribution is -2.33. The van der Waals surface area contributed by atoms with Gasteiger partial charge in [-0.1, -0.05) is 0 Å². The molecule has 0 aliphatic carbocycles. The molecule has 94 valence electrons. The van der Waals surface area contributed by atoms with Crippen molar-refractivity contribution in [2.24, 2.45) is 11.6 Å². The largest absolute Gasteiger partial charge is 0.490 e. The van der Waals surface area contributed by atoms with Crippen LogP contribution in [0.1, 0.15) is 0 Å². The molecule has 0 saturated heterocycles. The van der Waals surface area contributed by atoms with E-state index in [1.807, 2.05) is 0 Å². The molecule has 0 aliphatic rings. The molecule has 9 nitrogen and oxygen atoms in total. The van der Waals surface area contributed by atoms with E-state index in [1.165, 1.54) is 13.4 Å². The first-order valence-corrected chi connectivity index (χ1v) is 4.81. The molecule has 1 aromatic heterocycles. The maximum Gasteiger partial charge on any atom is 0.312 e. The Hall–Kier alpha value is -2.29. The van der Waals surface area contributed by atoms with Crippen LogP contribution < -0.4 is 32.4 Å². The third kappa shape index (κ3) is 3.65. The topological polar surface area (TPSA) is 140 Å². The number of aromatic nitrogens is 2. The van der Waals surface area contributed by atoms with Gasteiger partial charge in [-0.05, 0) is 0 Å². The summed E-state index contributed by atoms with van der Waals surface area (Å²) in [6, 6.07) is -0.578. The monoisotopic (exact) mass is 241 g/mol. The van der Waals surface area contributed by atoms with Crippen LogP contribution in [0.3, 0.4) is 0 Å². The third-order valence-corrected chi connectivity index (χ3v) is 1.86. The number of carbonyl (C=O) groups is 1. The van der Waals surface area contributed by atoms with Gasteiger partial charge in [0.15, 0.2) is 11.6 Å². The van der Waals surface area contributed by atoms with Crippen molar-refractivity contribution in [2.45, 2.75) is 0 Å². The van der Waals surface area contributed by atoms with Crippen molar-refractivity contribution in [1.29, 1.82) is 0 Å². The number of hydrogen-bond acceptors (Lipinski definition) is 7. The number of amides is 2. The molecule has 1 heterocycles. The molecule has 0 radical (unpaired) electrons. The first-order chi connectivity index (χ1) is 8.19. The Morgan fingerprint density at radius 2 is 2.12 bits per heavy atom. The van der Waals surface area contributed by atoms with E-state index in [0.29, 0.717) is 30.5 Å². The van der Waals surface area contributed by atoms with Gasteiger partial charge in [0, 0.05) is 13.1 Å².